The third-order valence-corrected chi connectivity index (χ3v) is 3.60. The van der Waals surface area contributed by atoms with Crippen LogP contribution in [-0.4, -0.2) is 38.1 Å². The van der Waals surface area contributed by atoms with Crippen molar-refractivity contribution in [3.8, 4) is 0 Å². The number of ether oxygens (including phenoxy) is 3. The average Bonchev–Trinajstić information content (AvgIpc) is 3.19. The van der Waals surface area contributed by atoms with Crippen LogP contribution in [0.3, 0.4) is 0 Å². The van der Waals surface area contributed by atoms with Crippen LogP contribution < -0.4 is 0 Å². The van der Waals surface area contributed by atoms with Gasteiger partial charge in [0, 0.05) is 6.61 Å². The first kappa shape index (κ1) is 17.9. The van der Waals surface area contributed by atoms with E-state index in [1.54, 1.807) is 0 Å². The highest BCUT2D eigenvalue weighted by Gasteiger charge is 2.43. The molecule has 0 aromatic heterocycles. The van der Waals surface area contributed by atoms with Gasteiger partial charge in [0.05, 0.1) is 25.4 Å². The predicted molar refractivity (Wildman–Crippen MR) is 76.0 cm³/mol. The van der Waals surface area contributed by atoms with E-state index in [4.69, 9.17) is 14.2 Å². The van der Waals surface area contributed by atoms with Gasteiger partial charge in [-0.05, 0) is 32.1 Å². The summed E-state index contributed by atoms with van der Waals surface area (Å²) < 4.78 is 15.3. The molecule has 18 heavy (non-hydrogen) atoms. The maximum Gasteiger partial charge on any atom is 0.104 e. The van der Waals surface area contributed by atoms with Crippen LogP contribution in [0.2, 0.25) is 0 Å². The average molecular weight is 260 g/mol. The topological polar surface area (TPSA) is 34.3 Å². The van der Waals surface area contributed by atoms with E-state index in [0.717, 1.165) is 25.7 Å². The first-order valence-corrected chi connectivity index (χ1v) is 6.68. The summed E-state index contributed by atoms with van der Waals surface area (Å²) in [6, 6.07) is 0. The lowest BCUT2D eigenvalue weighted by Gasteiger charge is -2.15. The van der Waals surface area contributed by atoms with E-state index in [-0.39, 0.29) is 14.9 Å². The minimum Gasteiger partial charge on any atom is -0.379 e. The van der Waals surface area contributed by atoms with E-state index in [9.17, 15) is 0 Å². The molecule has 3 nitrogen and oxygen atoms in total. The van der Waals surface area contributed by atoms with Crippen molar-refractivity contribution in [1.82, 2.24) is 0 Å². The fourth-order valence-electron chi connectivity index (χ4n) is 2.27. The van der Waals surface area contributed by atoms with Gasteiger partial charge in [0.1, 0.15) is 6.10 Å². The second kappa shape index (κ2) is 8.89. The Balaban J connectivity index is 0.000000297. The standard InChI is InChI=1S/C8H14O.C5H10O2.2CH4/c1-2-6-3-4-7-8(5-6)9-7;1-2-6-3-5-4-7-5;;/h6-8H,2-5H2,1H3;5H,2-4H2,1H3;2*1H4. The summed E-state index contributed by atoms with van der Waals surface area (Å²) in [7, 11) is 0. The molecule has 1 saturated carbocycles. The van der Waals surface area contributed by atoms with Gasteiger partial charge in [-0.15, -0.1) is 0 Å². The van der Waals surface area contributed by atoms with Crippen molar-refractivity contribution in [3.63, 3.8) is 0 Å². The van der Waals surface area contributed by atoms with Crippen LogP contribution in [0.15, 0.2) is 0 Å². The Labute approximate surface area is 113 Å². The van der Waals surface area contributed by atoms with Crippen LogP contribution in [0.5, 0.6) is 0 Å². The van der Waals surface area contributed by atoms with Crippen molar-refractivity contribution >= 4 is 0 Å². The van der Waals surface area contributed by atoms with Crippen molar-refractivity contribution in [2.24, 2.45) is 5.92 Å². The van der Waals surface area contributed by atoms with Crippen molar-refractivity contribution in [3.05, 3.63) is 0 Å². The molecule has 1 aliphatic carbocycles. The Kier molecular flexibility index (Phi) is 8.83. The van der Waals surface area contributed by atoms with Crippen LogP contribution >= 0.6 is 0 Å². The second-order valence-corrected chi connectivity index (χ2v) is 4.92. The SMILES string of the molecule is C.C.CCC1CCC2OC2C1.CCOCC1CO1. The monoisotopic (exact) mass is 260 g/mol. The first-order chi connectivity index (χ1) is 7.83. The quantitative estimate of drug-likeness (QED) is 0.723. The zero-order valence-corrected chi connectivity index (χ0v) is 10.5. The molecule has 4 unspecified atom stereocenters. The largest absolute Gasteiger partial charge is 0.379 e. The van der Waals surface area contributed by atoms with E-state index in [1.807, 2.05) is 6.92 Å². The van der Waals surface area contributed by atoms with E-state index in [1.165, 1.54) is 25.7 Å². The summed E-state index contributed by atoms with van der Waals surface area (Å²) in [5.41, 5.74) is 0. The third kappa shape index (κ3) is 6.17. The predicted octanol–water partition coefficient (Wildman–Crippen LogP) is 3.66. The number of epoxide rings is 2. The molecule has 3 aliphatic rings. The molecule has 0 bridgehead atoms. The fraction of sp³-hybridized carbons (Fsp3) is 1.00. The van der Waals surface area contributed by atoms with Gasteiger partial charge in [0.2, 0.25) is 0 Å². The molecule has 3 heteroatoms. The maximum absolute atomic E-state index is 5.41. The van der Waals surface area contributed by atoms with E-state index < -0.39 is 0 Å². The van der Waals surface area contributed by atoms with Crippen LogP contribution in [-0.2, 0) is 14.2 Å². The van der Waals surface area contributed by atoms with E-state index >= 15 is 0 Å². The van der Waals surface area contributed by atoms with Gasteiger partial charge in [0.15, 0.2) is 0 Å². The molecule has 110 valence electrons. The molecule has 3 fully saturated rings. The smallest absolute Gasteiger partial charge is 0.104 e. The lowest BCUT2D eigenvalue weighted by atomic mass is 9.88. The molecule has 0 aromatic rings. The number of hydrogen-bond donors (Lipinski definition) is 0. The molecule has 0 radical (unpaired) electrons. The van der Waals surface area contributed by atoms with Gasteiger partial charge in [-0.2, -0.15) is 0 Å². The Morgan fingerprint density at radius 3 is 2.33 bits per heavy atom. The molecule has 2 heterocycles. The normalized spacial score (nSPS) is 35.0. The summed E-state index contributed by atoms with van der Waals surface area (Å²) in [4.78, 5) is 0. The van der Waals surface area contributed by atoms with Crippen LogP contribution in [0.4, 0.5) is 0 Å². The van der Waals surface area contributed by atoms with Crippen LogP contribution in [0.25, 0.3) is 0 Å². The number of fused-ring (bicyclic) bond motifs is 1. The summed E-state index contributed by atoms with van der Waals surface area (Å²) in [5.74, 6) is 0.980. The molecule has 2 saturated heterocycles. The Bertz CT molecular complexity index is 204. The molecule has 0 amide bonds. The molecule has 0 N–H and O–H groups in total. The molecule has 2 aliphatic heterocycles. The summed E-state index contributed by atoms with van der Waals surface area (Å²) in [6.07, 6.45) is 7.26. The second-order valence-electron chi connectivity index (χ2n) is 4.92. The Hall–Kier alpha value is -0.120. The van der Waals surface area contributed by atoms with Crippen molar-refractivity contribution < 1.29 is 14.2 Å². The zero-order valence-electron chi connectivity index (χ0n) is 10.5. The van der Waals surface area contributed by atoms with Gasteiger partial charge in [-0.25, -0.2) is 0 Å². The maximum atomic E-state index is 5.41. The minimum atomic E-state index is 0. The van der Waals surface area contributed by atoms with E-state index in [0.29, 0.717) is 18.3 Å². The van der Waals surface area contributed by atoms with Gasteiger partial charge in [0.25, 0.3) is 0 Å². The summed E-state index contributed by atoms with van der Waals surface area (Å²) in [6.45, 7) is 6.77. The highest BCUT2D eigenvalue weighted by atomic mass is 16.6. The van der Waals surface area contributed by atoms with Crippen LogP contribution in [0.1, 0.15) is 54.4 Å². The van der Waals surface area contributed by atoms with Gasteiger partial charge in [-0.3, -0.25) is 0 Å². The molecule has 0 aromatic carbocycles. The third-order valence-electron chi connectivity index (χ3n) is 3.60. The minimum absolute atomic E-state index is 0. The lowest BCUT2D eigenvalue weighted by Crippen LogP contribution is -2.11. The van der Waals surface area contributed by atoms with Crippen molar-refractivity contribution in [1.29, 1.82) is 0 Å². The van der Waals surface area contributed by atoms with Crippen LogP contribution in [0, 0.1) is 5.92 Å². The summed E-state index contributed by atoms with van der Waals surface area (Å²) in [5, 5.41) is 0. The highest BCUT2D eigenvalue weighted by Crippen LogP contribution is 2.40. The highest BCUT2D eigenvalue weighted by molar-refractivity contribution is 4.91. The molecular formula is C15H32O3. The molecule has 4 atom stereocenters. The lowest BCUT2D eigenvalue weighted by molar-refractivity contribution is 0.128. The van der Waals surface area contributed by atoms with Gasteiger partial charge < -0.3 is 14.2 Å². The number of hydrogen-bond acceptors (Lipinski definition) is 3. The molecule has 0 spiro atoms. The van der Waals surface area contributed by atoms with Gasteiger partial charge >= 0.3 is 0 Å². The zero-order chi connectivity index (χ0) is 11.4. The first-order valence-electron chi connectivity index (χ1n) is 6.68. The summed E-state index contributed by atoms with van der Waals surface area (Å²) >= 11 is 0. The molecule has 3 rings (SSSR count). The van der Waals surface area contributed by atoms with E-state index in [2.05, 4.69) is 6.92 Å². The van der Waals surface area contributed by atoms with Gasteiger partial charge in [-0.1, -0.05) is 28.2 Å². The Morgan fingerprint density at radius 2 is 1.83 bits per heavy atom. The number of rotatable bonds is 4. The van der Waals surface area contributed by atoms with Crippen molar-refractivity contribution in [2.75, 3.05) is 19.8 Å². The fourth-order valence-corrected chi connectivity index (χ4v) is 2.27. The Morgan fingerprint density at radius 1 is 1.11 bits per heavy atom. The molecular weight excluding hydrogens is 228 g/mol. The van der Waals surface area contributed by atoms with Crippen molar-refractivity contribution in [2.45, 2.75) is 72.7 Å².